The lowest BCUT2D eigenvalue weighted by atomic mass is 9.54. The van der Waals surface area contributed by atoms with Crippen LogP contribution in [0.4, 0.5) is 5.13 Å². The Kier molecular flexibility index (Phi) is 4.84. The third-order valence-electron chi connectivity index (χ3n) is 7.73. The van der Waals surface area contributed by atoms with Crippen molar-refractivity contribution in [3.8, 4) is 5.75 Å². The molecule has 0 bridgehead atoms. The van der Waals surface area contributed by atoms with Crippen molar-refractivity contribution in [3.05, 3.63) is 40.4 Å². The average Bonchev–Trinajstić information content (AvgIpc) is 3.27. The smallest absolute Gasteiger partial charge is 0.309 e. The summed E-state index contributed by atoms with van der Waals surface area (Å²) in [6, 6.07) is 7.04. The number of methoxy groups -OCH3 is 1. The van der Waals surface area contributed by atoms with Gasteiger partial charge in [-0.15, -0.1) is 11.3 Å². The number of hydrogen-bond acceptors (Lipinski definition) is 6. The van der Waals surface area contributed by atoms with E-state index in [1.807, 2.05) is 6.92 Å². The molecule has 3 aliphatic rings. The molecule has 1 N–H and O–H groups in total. The molecule has 0 radical (unpaired) electrons. The first kappa shape index (κ1) is 20.5. The fourth-order valence-electron chi connectivity index (χ4n) is 6.04. The Morgan fingerprint density at radius 3 is 2.71 bits per heavy atom. The van der Waals surface area contributed by atoms with Gasteiger partial charge in [0.1, 0.15) is 11.9 Å². The van der Waals surface area contributed by atoms with Crippen molar-refractivity contribution in [1.82, 2.24) is 4.98 Å². The molecular weight excluding hydrogens is 412 g/mol. The zero-order chi connectivity index (χ0) is 21.9. The lowest BCUT2D eigenvalue weighted by Gasteiger charge is -2.51. The Hall–Kier alpha value is -2.41. The normalized spacial score (nSPS) is 33.7. The Balaban J connectivity index is 1.40. The third-order valence-corrected chi connectivity index (χ3v) is 8.72. The Labute approximate surface area is 186 Å². The highest BCUT2D eigenvalue weighted by atomic mass is 32.1. The standard InChI is InChI=1S/C24H28N2O4S/c1-12-16-9-10-24(3)11-17-19(13(2)18(24)20(16)30-22(12)28)25-23(31-17)26-21(27)14-5-7-15(29-4)8-6-14/h5-8,12-13,16,18,20H,9-11H2,1-4H3,(H,25,26,27). The summed E-state index contributed by atoms with van der Waals surface area (Å²) in [7, 11) is 1.60. The molecule has 1 saturated heterocycles. The van der Waals surface area contributed by atoms with Crippen LogP contribution in [0.5, 0.6) is 5.75 Å². The van der Waals surface area contributed by atoms with Crippen LogP contribution < -0.4 is 10.1 Å². The molecule has 31 heavy (non-hydrogen) atoms. The van der Waals surface area contributed by atoms with E-state index in [0.29, 0.717) is 22.4 Å². The summed E-state index contributed by atoms with van der Waals surface area (Å²) in [5.41, 5.74) is 1.70. The summed E-state index contributed by atoms with van der Waals surface area (Å²) < 4.78 is 11.1. The highest BCUT2D eigenvalue weighted by Gasteiger charge is 2.58. The molecule has 6 nitrogen and oxygen atoms in total. The van der Waals surface area contributed by atoms with Crippen LogP contribution in [0.2, 0.25) is 0 Å². The van der Waals surface area contributed by atoms with Gasteiger partial charge in [-0.2, -0.15) is 0 Å². The van der Waals surface area contributed by atoms with Crippen LogP contribution in [0.25, 0.3) is 0 Å². The fraction of sp³-hybridized carbons (Fsp3) is 0.542. The van der Waals surface area contributed by atoms with Crippen LogP contribution in [-0.2, 0) is 16.0 Å². The van der Waals surface area contributed by atoms with Gasteiger partial charge in [-0.1, -0.05) is 20.8 Å². The van der Waals surface area contributed by atoms with Gasteiger partial charge in [-0.3, -0.25) is 14.9 Å². The molecule has 1 aliphatic heterocycles. The summed E-state index contributed by atoms with van der Waals surface area (Å²) in [4.78, 5) is 31.1. The van der Waals surface area contributed by atoms with E-state index in [4.69, 9.17) is 14.5 Å². The molecule has 5 rings (SSSR count). The fourth-order valence-corrected chi connectivity index (χ4v) is 7.30. The minimum atomic E-state index is -0.177. The zero-order valence-electron chi connectivity index (χ0n) is 18.3. The highest BCUT2D eigenvalue weighted by Crippen LogP contribution is 2.59. The lowest BCUT2D eigenvalue weighted by Crippen LogP contribution is -2.50. The number of benzene rings is 1. The number of thiazole rings is 1. The van der Waals surface area contributed by atoms with Gasteiger partial charge in [0.2, 0.25) is 0 Å². The van der Waals surface area contributed by atoms with Gasteiger partial charge in [-0.25, -0.2) is 4.98 Å². The van der Waals surface area contributed by atoms with E-state index in [1.165, 1.54) is 4.88 Å². The van der Waals surface area contributed by atoms with Crippen molar-refractivity contribution < 1.29 is 19.1 Å². The van der Waals surface area contributed by atoms with E-state index >= 15 is 0 Å². The molecule has 2 aromatic rings. The van der Waals surface area contributed by atoms with Crippen LogP contribution in [0.3, 0.4) is 0 Å². The predicted molar refractivity (Wildman–Crippen MR) is 119 cm³/mol. The van der Waals surface area contributed by atoms with Crippen LogP contribution in [-0.4, -0.2) is 30.1 Å². The van der Waals surface area contributed by atoms with Crippen molar-refractivity contribution in [2.75, 3.05) is 12.4 Å². The second kappa shape index (κ2) is 7.33. The van der Waals surface area contributed by atoms with Crippen LogP contribution in [0.15, 0.2) is 24.3 Å². The molecule has 2 fully saturated rings. The molecule has 1 aromatic carbocycles. The first-order valence-electron chi connectivity index (χ1n) is 11.0. The average molecular weight is 441 g/mol. The highest BCUT2D eigenvalue weighted by molar-refractivity contribution is 7.15. The number of anilines is 1. The monoisotopic (exact) mass is 440 g/mol. The maximum atomic E-state index is 12.7. The number of carbonyl (C=O) groups excluding carboxylic acids is 2. The molecule has 1 saturated carbocycles. The van der Waals surface area contributed by atoms with E-state index in [2.05, 4.69) is 19.2 Å². The largest absolute Gasteiger partial charge is 0.497 e. The van der Waals surface area contributed by atoms with Crippen molar-refractivity contribution in [3.63, 3.8) is 0 Å². The number of nitrogens with zero attached hydrogens (tertiary/aromatic N) is 1. The first-order valence-corrected chi connectivity index (χ1v) is 11.8. The maximum Gasteiger partial charge on any atom is 0.309 e. The van der Waals surface area contributed by atoms with Crippen molar-refractivity contribution >= 4 is 28.3 Å². The molecule has 0 spiro atoms. The number of fused-ring (bicyclic) bond motifs is 4. The Morgan fingerprint density at radius 1 is 1.26 bits per heavy atom. The van der Waals surface area contributed by atoms with Crippen LogP contribution in [0.1, 0.15) is 60.5 Å². The lowest BCUT2D eigenvalue weighted by molar-refractivity contribution is -0.149. The topological polar surface area (TPSA) is 77.5 Å². The van der Waals surface area contributed by atoms with E-state index in [9.17, 15) is 9.59 Å². The van der Waals surface area contributed by atoms with E-state index < -0.39 is 0 Å². The van der Waals surface area contributed by atoms with Gasteiger partial charge in [-0.05, 0) is 48.9 Å². The number of esters is 1. The molecule has 164 valence electrons. The van der Waals surface area contributed by atoms with E-state index in [-0.39, 0.29) is 41.1 Å². The van der Waals surface area contributed by atoms with E-state index in [1.54, 1.807) is 42.7 Å². The van der Waals surface area contributed by atoms with Gasteiger partial charge >= 0.3 is 5.97 Å². The molecule has 6 unspecified atom stereocenters. The number of nitrogens with one attached hydrogen (secondary N) is 1. The van der Waals surface area contributed by atoms with Crippen molar-refractivity contribution in [1.29, 1.82) is 0 Å². The summed E-state index contributed by atoms with van der Waals surface area (Å²) in [6.07, 6.45) is 3.02. The van der Waals surface area contributed by atoms with Crippen LogP contribution >= 0.6 is 11.3 Å². The van der Waals surface area contributed by atoms with Crippen LogP contribution in [0, 0.1) is 23.2 Å². The SMILES string of the molecule is COc1ccc(C(=O)Nc2nc3c(s2)CC2(C)CCC4C(C)C(=O)OC4C2C3C)cc1. The molecular formula is C24H28N2O4S. The second-order valence-electron chi connectivity index (χ2n) is 9.55. The molecule has 2 heterocycles. The van der Waals surface area contributed by atoms with Crippen molar-refractivity contribution in [2.45, 2.75) is 52.1 Å². The van der Waals surface area contributed by atoms with Gasteiger partial charge in [0.15, 0.2) is 5.13 Å². The Bertz CT molecular complexity index is 1030. The number of carbonyl (C=O) groups is 2. The molecule has 2 aliphatic carbocycles. The van der Waals surface area contributed by atoms with Crippen molar-refractivity contribution in [2.24, 2.45) is 23.2 Å². The number of ether oxygens (including phenoxy) is 2. The van der Waals surface area contributed by atoms with Gasteiger partial charge in [0, 0.05) is 28.2 Å². The number of amides is 1. The third kappa shape index (κ3) is 3.25. The van der Waals surface area contributed by atoms with Gasteiger partial charge < -0.3 is 9.47 Å². The molecule has 7 heteroatoms. The van der Waals surface area contributed by atoms with E-state index in [0.717, 1.165) is 25.0 Å². The molecule has 6 atom stereocenters. The van der Waals surface area contributed by atoms with Gasteiger partial charge in [0.25, 0.3) is 5.91 Å². The predicted octanol–water partition coefficient (Wildman–Crippen LogP) is 4.66. The van der Waals surface area contributed by atoms with Gasteiger partial charge in [0.05, 0.1) is 18.7 Å². The number of rotatable bonds is 3. The second-order valence-corrected chi connectivity index (χ2v) is 10.6. The number of aromatic nitrogens is 1. The first-order chi connectivity index (χ1) is 14.8. The molecule has 1 amide bonds. The minimum Gasteiger partial charge on any atom is -0.497 e. The maximum absolute atomic E-state index is 12.7. The Morgan fingerprint density at radius 2 is 2.00 bits per heavy atom. The summed E-state index contributed by atoms with van der Waals surface area (Å²) in [6.45, 7) is 6.54. The number of hydrogen-bond donors (Lipinski definition) is 1. The summed E-state index contributed by atoms with van der Waals surface area (Å²) >= 11 is 1.57. The quantitative estimate of drug-likeness (QED) is 0.703. The summed E-state index contributed by atoms with van der Waals surface area (Å²) in [5.74, 6) is 1.22. The molecule has 1 aromatic heterocycles. The zero-order valence-corrected chi connectivity index (χ0v) is 19.1. The minimum absolute atomic E-state index is 0.0158. The summed E-state index contributed by atoms with van der Waals surface area (Å²) in [5, 5.41) is 3.60.